The van der Waals surface area contributed by atoms with Gasteiger partial charge in [0.25, 0.3) is 0 Å². The Morgan fingerprint density at radius 1 is 1.45 bits per heavy atom. The Hall–Kier alpha value is -0.590. The lowest BCUT2D eigenvalue weighted by Crippen LogP contribution is -2.66. The molecule has 3 heterocycles. The van der Waals surface area contributed by atoms with Crippen LogP contribution >= 0.6 is 11.8 Å². The second-order valence-corrected chi connectivity index (χ2v) is 10.9. The Morgan fingerprint density at radius 3 is 2.69 bits per heavy atom. The fraction of sp³-hybridized carbons (Fsp3) is 0.833. The number of nitrogens with one attached hydrogen (secondary N) is 2. The van der Waals surface area contributed by atoms with Gasteiger partial charge in [-0.25, -0.2) is 0 Å². The summed E-state index contributed by atoms with van der Waals surface area (Å²) in [7, 11) is -2.18. The first-order chi connectivity index (χ1) is 13.6. The zero-order valence-electron chi connectivity index (χ0n) is 16.8. The van der Waals surface area contributed by atoms with Gasteiger partial charge in [0.1, 0.15) is 0 Å². The molecule has 2 unspecified atom stereocenters. The second kappa shape index (κ2) is 9.27. The van der Waals surface area contributed by atoms with Crippen molar-refractivity contribution < 1.29 is 22.9 Å². The van der Waals surface area contributed by atoms with Gasteiger partial charge in [-0.15, -0.1) is 11.8 Å². The maximum Gasteiger partial charge on any atom is 0.311 e. The minimum absolute atomic E-state index is 0.0331. The van der Waals surface area contributed by atoms with E-state index in [1.54, 1.807) is 23.6 Å². The fourth-order valence-corrected chi connectivity index (χ4v) is 6.63. The molecule has 166 valence electrons. The number of aliphatic hydroxyl groups is 1. The molecule has 3 aliphatic rings. The van der Waals surface area contributed by atoms with Crippen molar-refractivity contribution in [1.82, 2.24) is 15.5 Å². The number of halogens is 2. The Bertz CT molecular complexity index is 694. The third-order valence-corrected chi connectivity index (χ3v) is 8.48. The number of hydrogen-bond acceptors (Lipinski definition) is 7. The quantitative estimate of drug-likeness (QED) is 0.375. The highest BCUT2D eigenvalue weighted by atomic mass is 32.2. The van der Waals surface area contributed by atoms with Crippen molar-refractivity contribution in [3.63, 3.8) is 0 Å². The molecule has 0 saturated carbocycles. The van der Waals surface area contributed by atoms with E-state index in [0.29, 0.717) is 10.9 Å². The maximum atomic E-state index is 12.9. The molecule has 7 nitrogen and oxygen atoms in total. The number of β-lactam (4-membered cyclic amide) rings is 1. The fourth-order valence-electron chi connectivity index (χ4n) is 4.54. The molecule has 0 aromatic heterocycles. The number of nitrogens with two attached hydrogens (primary N) is 1. The Kier molecular flexibility index (Phi) is 7.38. The number of alkyl halides is 2. The van der Waals surface area contributed by atoms with Gasteiger partial charge < -0.3 is 26.4 Å². The lowest BCUT2D eigenvalue weighted by molar-refractivity contribution is -0.155. The number of fused-ring (bicyclic) bond motifs is 1. The lowest BCUT2D eigenvalue weighted by atomic mass is 9.78. The molecule has 29 heavy (non-hydrogen) atoms. The first kappa shape index (κ1) is 23.1. The van der Waals surface area contributed by atoms with E-state index in [-0.39, 0.29) is 48.3 Å². The van der Waals surface area contributed by atoms with E-state index in [1.807, 2.05) is 6.92 Å². The van der Waals surface area contributed by atoms with Crippen LogP contribution in [0.15, 0.2) is 10.6 Å². The number of hydrogen-bond donors (Lipinski definition) is 4. The molecule has 0 bridgehead atoms. The van der Waals surface area contributed by atoms with Crippen molar-refractivity contribution in [2.45, 2.75) is 62.6 Å². The van der Waals surface area contributed by atoms with Crippen LogP contribution in [0.1, 0.15) is 27.2 Å². The predicted molar refractivity (Wildman–Crippen MR) is 110 cm³/mol. The van der Waals surface area contributed by atoms with Gasteiger partial charge in [-0.2, -0.15) is 8.78 Å². The first-order valence-corrected chi connectivity index (χ1v) is 12.2. The van der Waals surface area contributed by atoms with Crippen LogP contribution in [0.3, 0.4) is 0 Å². The summed E-state index contributed by atoms with van der Waals surface area (Å²) in [5.41, 5.74) is 6.62. The largest absolute Gasteiger partial charge is 0.387 e. The van der Waals surface area contributed by atoms with Crippen LogP contribution < -0.4 is 16.4 Å². The molecule has 0 radical (unpaired) electrons. The summed E-state index contributed by atoms with van der Waals surface area (Å²) in [5.74, 6) is -3.30. The highest BCUT2D eigenvalue weighted by Gasteiger charge is 2.59. The normalized spacial score (nSPS) is 35.1. The molecular weight excluding hydrogens is 422 g/mol. The van der Waals surface area contributed by atoms with Crippen LogP contribution in [0.4, 0.5) is 8.78 Å². The molecule has 0 spiro atoms. The summed E-state index contributed by atoms with van der Waals surface area (Å²) in [6, 6.07) is -0.303. The van der Waals surface area contributed by atoms with Crippen LogP contribution in [0.25, 0.3) is 0 Å². The molecule has 0 aromatic rings. The molecular formula is C18H30F2N4O3S2. The van der Waals surface area contributed by atoms with Gasteiger partial charge in [0, 0.05) is 41.0 Å². The van der Waals surface area contributed by atoms with Gasteiger partial charge in [-0.05, 0) is 20.3 Å². The van der Waals surface area contributed by atoms with E-state index in [1.165, 1.54) is 0 Å². The van der Waals surface area contributed by atoms with Gasteiger partial charge >= 0.3 is 5.76 Å². The number of carbonyl (C=O) groups is 1. The topological polar surface area (TPSA) is 108 Å². The van der Waals surface area contributed by atoms with E-state index in [0.717, 1.165) is 17.9 Å². The van der Waals surface area contributed by atoms with Crippen molar-refractivity contribution >= 4 is 28.5 Å². The molecule has 0 aliphatic carbocycles. The molecule has 5 N–H and O–H groups in total. The van der Waals surface area contributed by atoms with Gasteiger partial charge in [0.2, 0.25) is 5.91 Å². The van der Waals surface area contributed by atoms with Gasteiger partial charge in [-0.1, -0.05) is 6.92 Å². The summed E-state index contributed by atoms with van der Waals surface area (Å²) in [6.07, 6.45) is 0.0405. The molecule has 2 fully saturated rings. The summed E-state index contributed by atoms with van der Waals surface area (Å²) in [5, 5.41) is 17.0. The van der Waals surface area contributed by atoms with Crippen molar-refractivity contribution in [2.75, 3.05) is 18.8 Å². The summed E-state index contributed by atoms with van der Waals surface area (Å²) >= 11 is 1.69. The molecule has 0 aromatic carbocycles. The lowest BCUT2D eigenvalue weighted by Gasteiger charge is -2.49. The standard InChI is InChI=1S/C18H30F2N4O3S2/c1-8-14-13(9(2)22-4-5-29(27)18(19)20)17(26)24(14)15(10(3)25)16(8)28-11-6-12(21)23-7-11/h8-14,18,22-23,25H,4-7,21H2,1-3H3/t8-,9-,10?,11+,12+,13-,14-,29?/m1/s1. The van der Waals surface area contributed by atoms with Gasteiger partial charge in [0.05, 0.1) is 40.7 Å². The van der Waals surface area contributed by atoms with Crippen molar-refractivity contribution in [3.05, 3.63) is 10.6 Å². The predicted octanol–water partition coefficient (Wildman–Crippen LogP) is 0.385. The van der Waals surface area contributed by atoms with Crippen LogP contribution in [0.2, 0.25) is 0 Å². The first-order valence-electron chi connectivity index (χ1n) is 9.93. The Morgan fingerprint density at radius 2 is 2.14 bits per heavy atom. The van der Waals surface area contributed by atoms with Crippen molar-refractivity contribution in [1.29, 1.82) is 0 Å². The van der Waals surface area contributed by atoms with Crippen molar-refractivity contribution in [3.8, 4) is 0 Å². The van der Waals surface area contributed by atoms with Crippen LogP contribution in [0, 0.1) is 11.8 Å². The number of nitrogens with zero attached hydrogens (tertiary/aromatic N) is 1. The average molecular weight is 453 g/mol. The number of amides is 1. The van der Waals surface area contributed by atoms with Crippen molar-refractivity contribution in [2.24, 2.45) is 17.6 Å². The zero-order valence-corrected chi connectivity index (χ0v) is 18.4. The maximum absolute atomic E-state index is 12.9. The Labute approximate surface area is 176 Å². The smallest absolute Gasteiger partial charge is 0.311 e. The monoisotopic (exact) mass is 452 g/mol. The van der Waals surface area contributed by atoms with Crippen LogP contribution in [-0.2, 0) is 15.6 Å². The molecule has 11 heteroatoms. The number of carbonyl (C=O) groups excluding carboxylic acids is 1. The summed E-state index contributed by atoms with van der Waals surface area (Å²) in [4.78, 5) is 15.6. The summed E-state index contributed by atoms with van der Waals surface area (Å²) < 4.78 is 36.0. The molecule has 3 aliphatic heterocycles. The third-order valence-electron chi connectivity index (χ3n) is 5.95. The molecule has 8 atom stereocenters. The number of rotatable bonds is 9. The van der Waals surface area contributed by atoms with E-state index >= 15 is 0 Å². The average Bonchev–Trinajstić information content (AvgIpc) is 3.15. The molecule has 3 rings (SSSR count). The van der Waals surface area contributed by atoms with Crippen LogP contribution in [0.5, 0.6) is 0 Å². The van der Waals surface area contributed by atoms with E-state index < -0.39 is 22.7 Å². The Balaban J connectivity index is 1.67. The van der Waals surface area contributed by atoms with E-state index in [4.69, 9.17) is 5.73 Å². The summed E-state index contributed by atoms with van der Waals surface area (Å²) in [6.45, 7) is 6.54. The molecule has 2 saturated heterocycles. The minimum atomic E-state index is -2.85. The molecule has 1 amide bonds. The van der Waals surface area contributed by atoms with Crippen LogP contribution in [-0.4, -0.2) is 74.3 Å². The number of thioether (sulfide) groups is 1. The second-order valence-electron chi connectivity index (χ2n) is 8.02. The third kappa shape index (κ3) is 4.54. The van der Waals surface area contributed by atoms with E-state index in [9.17, 15) is 22.9 Å². The zero-order chi connectivity index (χ0) is 21.5. The minimum Gasteiger partial charge on any atom is -0.387 e. The van der Waals surface area contributed by atoms with E-state index in [2.05, 4.69) is 17.6 Å². The van der Waals surface area contributed by atoms with Gasteiger partial charge in [0.15, 0.2) is 0 Å². The highest BCUT2D eigenvalue weighted by Crippen LogP contribution is 2.52. The van der Waals surface area contributed by atoms with Gasteiger partial charge in [-0.3, -0.25) is 9.00 Å². The number of aliphatic hydroxyl groups excluding tert-OH is 1. The highest BCUT2D eigenvalue weighted by molar-refractivity contribution is 8.03. The SMILES string of the molecule is CC(O)C1=C(S[C@@H]2CN[C@H](N)C2)[C@H](C)[C@@H]2[C@@H]([C@@H](C)NCCS(=O)C(F)F)C(=O)N12.